The fourth-order valence-electron chi connectivity index (χ4n) is 2.41. The van der Waals surface area contributed by atoms with Gasteiger partial charge in [0.2, 0.25) is 0 Å². The van der Waals surface area contributed by atoms with Crippen molar-refractivity contribution in [3.63, 3.8) is 0 Å². The van der Waals surface area contributed by atoms with Gasteiger partial charge < -0.3 is 0 Å². The first-order chi connectivity index (χ1) is 7.95. The Morgan fingerprint density at radius 2 is 2.00 bits per heavy atom. The zero-order valence-electron chi connectivity index (χ0n) is 9.30. The van der Waals surface area contributed by atoms with Gasteiger partial charge in [0.15, 0.2) is 0 Å². The molecule has 0 spiro atoms. The number of benzene rings is 1. The molecule has 17 heavy (non-hydrogen) atoms. The first kappa shape index (κ1) is 12.7. The first-order valence-electron chi connectivity index (χ1n) is 5.75. The SMILES string of the molecule is FC(F)(F)c1cccc(CC2CCC(Cl)C2)c1. The molecule has 94 valence electrons. The van der Waals surface area contributed by atoms with E-state index in [4.69, 9.17) is 11.6 Å². The standard InChI is InChI=1S/C13H14ClF3/c14-12-5-4-10(8-12)6-9-2-1-3-11(7-9)13(15,16)17/h1-3,7,10,12H,4-6,8H2. The minimum atomic E-state index is -4.25. The van der Waals surface area contributed by atoms with Crippen molar-refractivity contribution in [1.29, 1.82) is 0 Å². The Morgan fingerprint density at radius 1 is 1.24 bits per heavy atom. The largest absolute Gasteiger partial charge is 0.416 e. The molecule has 2 atom stereocenters. The van der Waals surface area contributed by atoms with Crippen LogP contribution in [0, 0.1) is 5.92 Å². The van der Waals surface area contributed by atoms with Crippen molar-refractivity contribution >= 4 is 11.6 Å². The van der Waals surface area contributed by atoms with E-state index < -0.39 is 11.7 Å². The summed E-state index contributed by atoms with van der Waals surface area (Å²) in [6.45, 7) is 0. The van der Waals surface area contributed by atoms with E-state index in [1.54, 1.807) is 6.07 Å². The lowest BCUT2D eigenvalue weighted by Gasteiger charge is -2.12. The Bertz CT molecular complexity index is 386. The molecule has 1 saturated carbocycles. The summed E-state index contributed by atoms with van der Waals surface area (Å²) < 4.78 is 37.6. The molecule has 0 heterocycles. The summed E-state index contributed by atoms with van der Waals surface area (Å²) in [5, 5.41) is 0.200. The van der Waals surface area contributed by atoms with E-state index in [1.807, 2.05) is 0 Å². The Kier molecular flexibility index (Phi) is 3.67. The maximum Gasteiger partial charge on any atom is 0.416 e. The minimum Gasteiger partial charge on any atom is -0.166 e. The molecule has 1 aromatic carbocycles. The zero-order valence-corrected chi connectivity index (χ0v) is 10.1. The van der Waals surface area contributed by atoms with Gasteiger partial charge in [0.25, 0.3) is 0 Å². The van der Waals surface area contributed by atoms with Crippen LogP contribution in [0.2, 0.25) is 0 Å². The topological polar surface area (TPSA) is 0 Å². The van der Waals surface area contributed by atoms with E-state index in [9.17, 15) is 13.2 Å². The summed E-state index contributed by atoms with van der Waals surface area (Å²) in [5.74, 6) is 0.431. The average molecular weight is 263 g/mol. The Morgan fingerprint density at radius 3 is 2.59 bits per heavy atom. The van der Waals surface area contributed by atoms with Crippen molar-refractivity contribution in [2.45, 2.75) is 37.2 Å². The normalized spacial score (nSPS) is 25.2. The lowest BCUT2D eigenvalue weighted by molar-refractivity contribution is -0.137. The van der Waals surface area contributed by atoms with Gasteiger partial charge in [-0.25, -0.2) is 0 Å². The number of alkyl halides is 4. The molecule has 1 aliphatic rings. The van der Waals surface area contributed by atoms with Crippen LogP contribution in [-0.4, -0.2) is 5.38 Å². The molecule has 0 amide bonds. The van der Waals surface area contributed by atoms with Crippen molar-refractivity contribution in [3.05, 3.63) is 35.4 Å². The number of halogens is 4. The molecule has 0 nitrogen and oxygen atoms in total. The van der Waals surface area contributed by atoms with Crippen LogP contribution in [-0.2, 0) is 12.6 Å². The molecule has 0 radical (unpaired) electrons. The van der Waals surface area contributed by atoms with E-state index in [1.165, 1.54) is 12.1 Å². The molecular formula is C13H14ClF3. The van der Waals surface area contributed by atoms with Gasteiger partial charge in [0.1, 0.15) is 0 Å². The molecule has 1 aromatic rings. The van der Waals surface area contributed by atoms with E-state index >= 15 is 0 Å². The second kappa shape index (κ2) is 4.89. The lowest BCUT2D eigenvalue weighted by Crippen LogP contribution is -2.07. The summed E-state index contributed by atoms with van der Waals surface area (Å²) in [4.78, 5) is 0. The first-order valence-corrected chi connectivity index (χ1v) is 6.19. The van der Waals surface area contributed by atoms with Gasteiger partial charge in [0.05, 0.1) is 5.56 Å². The highest BCUT2D eigenvalue weighted by molar-refractivity contribution is 6.20. The highest BCUT2D eigenvalue weighted by Gasteiger charge is 2.30. The van der Waals surface area contributed by atoms with E-state index in [0.29, 0.717) is 12.3 Å². The summed E-state index contributed by atoms with van der Waals surface area (Å²) >= 11 is 6.00. The van der Waals surface area contributed by atoms with Crippen molar-refractivity contribution in [2.24, 2.45) is 5.92 Å². The third-order valence-corrected chi connectivity index (χ3v) is 3.65. The van der Waals surface area contributed by atoms with Gasteiger partial charge in [-0.2, -0.15) is 13.2 Å². The van der Waals surface area contributed by atoms with Crippen LogP contribution in [0.3, 0.4) is 0 Å². The summed E-state index contributed by atoms with van der Waals surface area (Å²) in [6, 6.07) is 5.60. The number of rotatable bonds is 2. The molecule has 4 heteroatoms. The molecule has 2 rings (SSSR count). The van der Waals surface area contributed by atoms with Crippen LogP contribution in [0.5, 0.6) is 0 Å². The highest BCUT2D eigenvalue weighted by Crippen LogP contribution is 2.34. The third kappa shape index (κ3) is 3.38. The summed E-state index contributed by atoms with van der Waals surface area (Å²) in [6.07, 6.45) is -0.638. The Labute approximate surface area is 104 Å². The van der Waals surface area contributed by atoms with Gasteiger partial charge >= 0.3 is 6.18 Å². The Balaban J connectivity index is 2.06. The van der Waals surface area contributed by atoms with Crippen LogP contribution < -0.4 is 0 Å². The minimum absolute atomic E-state index is 0.200. The second-order valence-electron chi connectivity index (χ2n) is 4.68. The lowest BCUT2D eigenvalue weighted by atomic mass is 9.97. The number of hydrogen-bond donors (Lipinski definition) is 0. The maximum absolute atomic E-state index is 12.5. The van der Waals surface area contributed by atoms with Gasteiger partial charge in [0, 0.05) is 5.38 Å². The molecule has 0 bridgehead atoms. The zero-order chi connectivity index (χ0) is 12.5. The van der Waals surface area contributed by atoms with Crippen LogP contribution in [0.4, 0.5) is 13.2 Å². The van der Waals surface area contributed by atoms with Crippen LogP contribution in [0.1, 0.15) is 30.4 Å². The smallest absolute Gasteiger partial charge is 0.166 e. The predicted octanol–water partition coefficient (Wildman–Crippen LogP) is 4.66. The summed E-state index contributed by atoms with van der Waals surface area (Å²) in [7, 11) is 0. The molecule has 0 aliphatic heterocycles. The van der Waals surface area contributed by atoms with Crippen molar-refractivity contribution in [1.82, 2.24) is 0 Å². The number of hydrogen-bond acceptors (Lipinski definition) is 0. The van der Waals surface area contributed by atoms with Gasteiger partial charge in [-0.1, -0.05) is 18.2 Å². The second-order valence-corrected chi connectivity index (χ2v) is 5.30. The molecule has 2 unspecified atom stereocenters. The maximum atomic E-state index is 12.5. The van der Waals surface area contributed by atoms with Crippen LogP contribution in [0.25, 0.3) is 0 Å². The molecular weight excluding hydrogens is 249 g/mol. The quantitative estimate of drug-likeness (QED) is 0.680. The average Bonchev–Trinajstić information content (AvgIpc) is 2.63. The summed E-state index contributed by atoms with van der Waals surface area (Å²) in [5.41, 5.74) is 0.200. The van der Waals surface area contributed by atoms with Gasteiger partial charge in [-0.05, 0) is 43.2 Å². The third-order valence-electron chi connectivity index (χ3n) is 3.26. The van der Waals surface area contributed by atoms with Crippen LogP contribution >= 0.6 is 11.6 Å². The van der Waals surface area contributed by atoms with Crippen molar-refractivity contribution < 1.29 is 13.2 Å². The molecule has 0 saturated heterocycles. The molecule has 0 aromatic heterocycles. The fraction of sp³-hybridized carbons (Fsp3) is 0.538. The van der Waals surface area contributed by atoms with Crippen molar-refractivity contribution in [2.75, 3.05) is 0 Å². The van der Waals surface area contributed by atoms with Crippen LogP contribution in [0.15, 0.2) is 24.3 Å². The molecule has 1 aliphatic carbocycles. The van der Waals surface area contributed by atoms with E-state index in [0.717, 1.165) is 30.9 Å². The van der Waals surface area contributed by atoms with Crippen molar-refractivity contribution in [3.8, 4) is 0 Å². The van der Waals surface area contributed by atoms with Gasteiger partial charge in [-0.15, -0.1) is 11.6 Å². The molecule has 1 fully saturated rings. The van der Waals surface area contributed by atoms with E-state index in [-0.39, 0.29) is 5.38 Å². The fourth-order valence-corrected chi connectivity index (χ4v) is 2.79. The predicted molar refractivity (Wildman–Crippen MR) is 62.1 cm³/mol. The Hall–Kier alpha value is -0.700. The van der Waals surface area contributed by atoms with Gasteiger partial charge in [-0.3, -0.25) is 0 Å². The van der Waals surface area contributed by atoms with E-state index in [2.05, 4.69) is 0 Å². The molecule has 0 N–H and O–H groups in total. The monoisotopic (exact) mass is 262 g/mol. The highest BCUT2D eigenvalue weighted by atomic mass is 35.5.